The lowest BCUT2D eigenvalue weighted by atomic mass is 10.4. The zero-order valence-corrected chi connectivity index (χ0v) is 9.40. The van der Waals surface area contributed by atoms with Gasteiger partial charge in [0.25, 0.3) is 0 Å². The van der Waals surface area contributed by atoms with E-state index in [1.807, 2.05) is 12.1 Å². The van der Waals surface area contributed by atoms with E-state index in [0.29, 0.717) is 18.0 Å². The summed E-state index contributed by atoms with van der Waals surface area (Å²) in [5.41, 5.74) is 6.21. The first-order valence-electron chi connectivity index (χ1n) is 4.31. The Hall–Kier alpha value is -1.49. The fourth-order valence-electron chi connectivity index (χ4n) is 1.13. The second-order valence-electron chi connectivity index (χ2n) is 2.91. The Kier molecular flexibility index (Phi) is 2.91. The van der Waals surface area contributed by atoms with Crippen molar-refractivity contribution in [2.24, 2.45) is 0 Å². The zero-order chi connectivity index (χ0) is 10.7. The van der Waals surface area contributed by atoms with Gasteiger partial charge < -0.3 is 14.9 Å². The maximum Gasteiger partial charge on any atom is 0.160 e. The lowest BCUT2D eigenvalue weighted by molar-refractivity contribution is 0.270. The van der Waals surface area contributed by atoms with Crippen LogP contribution in [0.15, 0.2) is 39.7 Å². The molecule has 2 N–H and O–H groups in total. The minimum absolute atomic E-state index is 0.347. The molecule has 2 aromatic rings. The molecule has 0 saturated carbocycles. The van der Waals surface area contributed by atoms with Crippen LogP contribution in [0.2, 0.25) is 0 Å². The summed E-state index contributed by atoms with van der Waals surface area (Å²) in [6, 6.07) is 3.65. The summed E-state index contributed by atoms with van der Waals surface area (Å²) in [5, 5.41) is 0. The van der Waals surface area contributed by atoms with Crippen molar-refractivity contribution >= 4 is 21.6 Å². The highest BCUT2D eigenvalue weighted by atomic mass is 79.9. The van der Waals surface area contributed by atoms with Crippen molar-refractivity contribution in [3.05, 3.63) is 41.0 Å². The fourth-order valence-corrected chi connectivity index (χ4v) is 1.59. The van der Waals surface area contributed by atoms with Crippen molar-refractivity contribution in [2.45, 2.75) is 6.61 Å². The first kappa shape index (κ1) is 10.0. The molecule has 2 heterocycles. The molecule has 0 fully saturated rings. The Morgan fingerprint density at radius 2 is 2.33 bits per heavy atom. The molecular weight excluding hydrogens is 260 g/mol. The molecule has 0 spiro atoms. The number of furan rings is 1. The van der Waals surface area contributed by atoms with Crippen LogP contribution in [0.4, 0.5) is 5.69 Å². The summed E-state index contributed by atoms with van der Waals surface area (Å²) in [4.78, 5) is 3.91. The van der Waals surface area contributed by atoms with Crippen LogP contribution >= 0.6 is 15.9 Å². The molecule has 0 atom stereocenters. The quantitative estimate of drug-likeness (QED) is 0.930. The molecular formula is C10H9BrN2O2. The second-order valence-corrected chi connectivity index (χ2v) is 3.76. The van der Waals surface area contributed by atoms with Crippen LogP contribution in [-0.4, -0.2) is 4.98 Å². The van der Waals surface area contributed by atoms with Gasteiger partial charge in [0.15, 0.2) is 5.75 Å². The Morgan fingerprint density at radius 3 is 3.00 bits per heavy atom. The Bertz CT molecular complexity index is 422. The Balaban J connectivity index is 2.11. The summed E-state index contributed by atoms with van der Waals surface area (Å²) < 4.78 is 11.4. The lowest BCUT2D eigenvalue weighted by Gasteiger charge is -2.08. The molecule has 0 bridgehead atoms. The Morgan fingerprint density at radius 1 is 1.47 bits per heavy atom. The van der Waals surface area contributed by atoms with Gasteiger partial charge in [0.2, 0.25) is 0 Å². The first-order chi connectivity index (χ1) is 7.27. The van der Waals surface area contributed by atoms with Crippen LogP contribution < -0.4 is 10.5 Å². The van der Waals surface area contributed by atoms with Gasteiger partial charge in [0.05, 0.1) is 22.6 Å². The molecule has 0 aromatic carbocycles. The number of anilines is 1. The minimum Gasteiger partial charge on any atom is -0.482 e. The van der Waals surface area contributed by atoms with Crippen molar-refractivity contribution in [1.82, 2.24) is 4.98 Å². The average Bonchev–Trinajstić information content (AvgIpc) is 2.70. The summed E-state index contributed by atoms with van der Waals surface area (Å²) in [6.45, 7) is 0.347. The summed E-state index contributed by atoms with van der Waals surface area (Å²) >= 11 is 3.31. The van der Waals surface area contributed by atoms with E-state index in [1.165, 1.54) is 0 Å². The van der Waals surface area contributed by atoms with Gasteiger partial charge in [0, 0.05) is 6.20 Å². The summed E-state index contributed by atoms with van der Waals surface area (Å²) in [5.74, 6) is 1.33. The molecule has 0 aliphatic carbocycles. The monoisotopic (exact) mass is 268 g/mol. The SMILES string of the molecule is Nc1cncc(Br)c1OCc1ccco1. The minimum atomic E-state index is 0.347. The maximum atomic E-state index is 5.71. The third kappa shape index (κ3) is 2.30. The normalized spacial score (nSPS) is 10.2. The average molecular weight is 269 g/mol. The van der Waals surface area contributed by atoms with Crippen LogP contribution in [0.5, 0.6) is 5.75 Å². The zero-order valence-electron chi connectivity index (χ0n) is 7.81. The molecule has 0 unspecified atom stereocenters. The number of pyridine rings is 1. The fraction of sp³-hybridized carbons (Fsp3) is 0.100. The van der Waals surface area contributed by atoms with E-state index in [4.69, 9.17) is 14.9 Å². The van der Waals surface area contributed by atoms with E-state index in [2.05, 4.69) is 20.9 Å². The van der Waals surface area contributed by atoms with Gasteiger partial charge >= 0.3 is 0 Å². The Labute approximate surface area is 95.2 Å². The van der Waals surface area contributed by atoms with Crippen LogP contribution in [0.1, 0.15) is 5.76 Å². The van der Waals surface area contributed by atoms with E-state index in [0.717, 1.165) is 10.2 Å². The standard InChI is InChI=1S/C10H9BrN2O2/c11-8-4-13-5-9(12)10(8)15-6-7-2-1-3-14-7/h1-5H,6,12H2. The van der Waals surface area contributed by atoms with Crippen molar-refractivity contribution in [1.29, 1.82) is 0 Å². The van der Waals surface area contributed by atoms with Gasteiger partial charge in [-0.25, -0.2) is 0 Å². The molecule has 5 heteroatoms. The number of rotatable bonds is 3. The number of hydrogen-bond donors (Lipinski definition) is 1. The van der Waals surface area contributed by atoms with Crippen molar-refractivity contribution in [3.63, 3.8) is 0 Å². The molecule has 0 aliphatic heterocycles. The largest absolute Gasteiger partial charge is 0.482 e. The molecule has 2 aromatic heterocycles. The van der Waals surface area contributed by atoms with Gasteiger partial charge in [0.1, 0.15) is 12.4 Å². The van der Waals surface area contributed by atoms with Crippen molar-refractivity contribution in [2.75, 3.05) is 5.73 Å². The highest BCUT2D eigenvalue weighted by Crippen LogP contribution is 2.30. The first-order valence-corrected chi connectivity index (χ1v) is 5.11. The molecule has 4 nitrogen and oxygen atoms in total. The van der Waals surface area contributed by atoms with Crippen LogP contribution in [0, 0.1) is 0 Å². The highest BCUT2D eigenvalue weighted by Gasteiger charge is 2.06. The number of aromatic nitrogens is 1. The third-order valence-corrected chi connectivity index (χ3v) is 2.38. The van der Waals surface area contributed by atoms with Crippen LogP contribution in [-0.2, 0) is 6.61 Å². The molecule has 0 radical (unpaired) electrons. The molecule has 78 valence electrons. The van der Waals surface area contributed by atoms with E-state index in [9.17, 15) is 0 Å². The van der Waals surface area contributed by atoms with E-state index in [-0.39, 0.29) is 0 Å². The number of nitrogen functional groups attached to an aromatic ring is 1. The second kappa shape index (κ2) is 4.35. The maximum absolute atomic E-state index is 5.71. The van der Waals surface area contributed by atoms with E-state index >= 15 is 0 Å². The smallest absolute Gasteiger partial charge is 0.160 e. The van der Waals surface area contributed by atoms with Gasteiger partial charge in [-0.1, -0.05) is 0 Å². The van der Waals surface area contributed by atoms with Gasteiger partial charge in [-0.15, -0.1) is 0 Å². The third-order valence-electron chi connectivity index (χ3n) is 1.82. The lowest BCUT2D eigenvalue weighted by Crippen LogP contribution is -1.99. The van der Waals surface area contributed by atoms with E-state index in [1.54, 1.807) is 18.7 Å². The van der Waals surface area contributed by atoms with E-state index < -0.39 is 0 Å². The van der Waals surface area contributed by atoms with Crippen molar-refractivity contribution < 1.29 is 9.15 Å². The van der Waals surface area contributed by atoms with Gasteiger partial charge in [-0.05, 0) is 28.1 Å². The van der Waals surface area contributed by atoms with Gasteiger partial charge in [-0.2, -0.15) is 0 Å². The number of halogens is 1. The predicted molar refractivity (Wildman–Crippen MR) is 59.4 cm³/mol. The number of nitrogens with zero attached hydrogens (tertiary/aromatic N) is 1. The number of ether oxygens (including phenoxy) is 1. The molecule has 0 saturated heterocycles. The van der Waals surface area contributed by atoms with Crippen LogP contribution in [0.25, 0.3) is 0 Å². The molecule has 0 amide bonds. The van der Waals surface area contributed by atoms with Crippen LogP contribution in [0.3, 0.4) is 0 Å². The number of hydrogen-bond acceptors (Lipinski definition) is 4. The number of nitrogens with two attached hydrogens (primary N) is 1. The van der Waals surface area contributed by atoms with Crippen molar-refractivity contribution in [3.8, 4) is 5.75 Å². The summed E-state index contributed by atoms with van der Waals surface area (Å²) in [6.07, 6.45) is 4.78. The predicted octanol–water partition coefficient (Wildman–Crippen LogP) is 2.60. The van der Waals surface area contributed by atoms with Gasteiger partial charge in [-0.3, -0.25) is 4.98 Å². The molecule has 15 heavy (non-hydrogen) atoms. The topological polar surface area (TPSA) is 61.3 Å². The molecule has 0 aliphatic rings. The molecule has 2 rings (SSSR count). The summed E-state index contributed by atoms with van der Waals surface area (Å²) in [7, 11) is 0. The highest BCUT2D eigenvalue weighted by molar-refractivity contribution is 9.10.